The number of alkyl halides is 3. The van der Waals surface area contributed by atoms with Crippen LogP contribution in [-0.4, -0.2) is 16.1 Å². The number of halogens is 4. The van der Waals surface area contributed by atoms with Gasteiger partial charge in [-0.05, 0) is 6.07 Å². The van der Waals surface area contributed by atoms with E-state index in [4.69, 9.17) is 5.73 Å². The quantitative estimate of drug-likeness (QED) is 0.779. The topological polar surface area (TPSA) is 68.9 Å². The van der Waals surface area contributed by atoms with Gasteiger partial charge in [-0.1, -0.05) is 0 Å². The fraction of sp³-hybridized carbons (Fsp3) is 0.167. The van der Waals surface area contributed by atoms with Crippen molar-refractivity contribution >= 4 is 18.3 Å². The average Bonchev–Trinajstić information content (AvgIpc) is 2.03. The zero-order valence-corrected chi connectivity index (χ0v) is 7.39. The predicted octanol–water partition coefficient (Wildman–Crippen LogP) is 1.02. The summed E-state index contributed by atoms with van der Waals surface area (Å²) in [5, 5.41) is 6.13. The van der Waals surface area contributed by atoms with Crippen LogP contribution >= 0.6 is 12.4 Å². The Balaban J connectivity index is 0.00000169. The molecule has 1 heterocycles. The van der Waals surface area contributed by atoms with Crippen LogP contribution in [0.5, 0.6) is 0 Å². The van der Waals surface area contributed by atoms with Gasteiger partial charge in [0.25, 0.3) is 5.91 Å². The molecular weight excluding hydrogens is 223 g/mol. The molecule has 0 atom stereocenters. The molecule has 1 aromatic rings. The first-order valence-corrected chi connectivity index (χ1v) is 3.11. The molecule has 0 aliphatic heterocycles. The number of nitrogens with zero attached hydrogens (tertiary/aromatic N) is 2. The van der Waals surface area contributed by atoms with Gasteiger partial charge in [0.05, 0.1) is 11.8 Å². The number of nitrogens with two attached hydrogens (primary N) is 1. The van der Waals surface area contributed by atoms with Crippen LogP contribution in [0.1, 0.15) is 16.1 Å². The number of primary amides is 1. The highest BCUT2D eigenvalue weighted by atomic mass is 35.5. The van der Waals surface area contributed by atoms with Gasteiger partial charge in [0, 0.05) is 0 Å². The zero-order valence-electron chi connectivity index (χ0n) is 6.58. The molecule has 8 heteroatoms. The Morgan fingerprint density at radius 3 is 2.43 bits per heavy atom. The highest BCUT2D eigenvalue weighted by Gasteiger charge is 2.31. The maximum atomic E-state index is 12.0. The molecule has 1 rings (SSSR count). The minimum Gasteiger partial charge on any atom is -0.364 e. The van der Waals surface area contributed by atoms with Crippen molar-refractivity contribution in [3.8, 4) is 0 Å². The second kappa shape index (κ2) is 4.23. The third-order valence-electron chi connectivity index (χ3n) is 1.23. The second-order valence-corrected chi connectivity index (χ2v) is 2.19. The molecule has 0 aliphatic carbocycles. The van der Waals surface area contributed by atoms with E-state index in [1.807, 2.05) is 0 Å². The third kappa shape index (κ3) is 2.84. The maximum absolute atomic E-state index is 12.0. The molecule has 0 radical (unpaired) electrons. The summed E-state index contributed by atoms with van der Waals surface area (Å²) in [6.45, 7) is 0. The highest BCUT2D eigenvalue weighted by molar-refractivity contribution is 5.90. The molecule has 1 amide bonds. The molecule has 0 saturated heterocycles. The van der Waals surface area contributed by atoms with E-state index in [1.54, 1.807) is 0 Å². The van der Waals surface area contributed by atoms with E-state index in [0.29, 0.717) is 12.3 Å². The summed E-state index contributed by atoms with van der Waals surface area (Å²) >= 11 is 0. The Kier molecular flexibility index (Phi) is 3.81. The van der Waals surface area contributed by atoms with Gasteiger partial charge in [0.1, 0.15) is 0 Å². The van der Waals surface area contributed by atoms with Crippen molar-refractivity contribution in [1.29, 1.82) is 0 Å². The van der Waals surface area contributed by atoms with Crippen molar-refractivity contribution in [1.82, 2.24) is 10.2 Å². The first-order valence-electron chi connectivity index (χ1n) is 3.11. The molecule has 0 bridgehead atoms. The van der Waals surface area contributed by atoms with Crippen LogP contribution in [0, 0.1) is 0 Å². The Labute approximate surface area is 82.7 Å². The molecule has 2 N–H and O–H groups in total. The van der Waals surface area contributed by atoms with Crippen LogP contribution in [0.15, 0.2) is 12.3 Å². The molecule has 78 valence electrons. The van der Waals surface area contributed by atoms with Crippen molar-refractivity contribution in [2.45, 2.75) is 6.18 Å². The second-order valence-electron chi connectivity index (χ2n) is 2.19. The molecule has 0 aliphatic rings. The van der Waals surface area contributed by atoms with Crippen molar-refractivity contribution in [3.63, 3.8) is 0 Å². The Hall–Kier alpha value is -1.37. The van der Waals surface area contributed by atoms with Gasteiger partial charge in [-0.15, -0.1) is 17.5 Å². The summed E-state index contributed by atoms with van der Waals surface area (Å²) < 4.78 is 36.0. The maximum Gasteiger partial charge on any atom is 0.418 e. The lowest BCUT2D eigenvalue weighted by molar-refractivity contribution is -0.137. The summed E-state index contributed by atoms with van der Waals surface area (Å²) in [4.78, 5) is 10.4. The van der Waals surface area contributed by atoms with Gasteiger partial charge < -0.3 is 5.73 Å². The largest absolute Gasteiger partial charge is 0.418 e. The van der Waals surface area contributed by atoms with E-state index in [0.717, 1.165) is 0 Å². The van der Waals surface area contributed by atoms with Crippen molar-refractivity contribution < 1.29 is 18.0 Å². The van der Waals surface area contributed by atoms with Gasteiger partial charge in [-0.3, -0.25) is 4.79 Å². The van der Waals surface area contributed by atoms with Gasteiger partial charge in [-0.25, -0.2) is 0 Å². The summed E-state index contributed by atoms with van der Waals surface area (Å²) in [7, 11) is 0. The number of carbonyl (C=O) groups is 1. The Morgan fingerprint density at radius 2 is 2.00 bits per heavy atom. The Bertz CT molecular complexity index is 341. The molecule has 0 aromatic carbocycles. The van der Waals surface area contributed by atoms with Gasteiger partial charge in [-0.2, -0.15) is 18.3 Å². The predicted molar refractivity (Wildman–Crippen MR) is 42.8 cm³/mol. The van der Waals surface area contributed by atoms with Gasteiger partial charge in [0.2, 0.25) is 0 Å². The van der Waals surface area contributed by atoms with Crippen LogP contribution in [0.3, 0.4) is 0 Å². The van der Waals surface area contributed by atoms with Gasteiger partial charge >= 0.3 is 6.18 Å². The van der Waals surface area contributed by atoms with Crippen molar-refractivity contribution in [3.05, 3.63) is 23.5 Å². The summed E-state index contributed by atoms with van der Waals surface area (Å²) in [6, 6.07) is 0.551. The normalized spacial score (nSPS) is 10.5. The number of aromatic nitrogens is 2. The number of carbonyl (C=O) groups excluding carboxylic acids is 1. The molecule has 4 nitrogen and oxygen atoms in total. The SMILES string of the molecule is Cl.NC(=O)c1cc(C(F)(F)F)cnn1. The van der Waals surface area contributed by atoms with E-state index in [2.05, 4.69) is 10.2 Å². The average molecular weight is 228 g/mol. The molecule has 14 heavy (non-hydrogen) atoms. The Morgan fingerprint density at radius 1 is 1.43 bits per heavy atom. The minimum atomic E-state index is -4.54. The third-order valence-corrected chi connectivity index (χ3v) is 1.23. The lowest BCUT2D eigenvalue weighted by atomic mass is 10.2. The van der Waals surface area contributed by atoms with E-state index < -0.39 is 23.3 Å². The summed E-state index contributed by atoms with van der Waals surface area (Å²) in [5.41, 5.74) is 3.17. The lowest BCUT2D eigenvalue weighted by Gasteiger charge is -2.04. The zero-order chi connectivity index (χ0) is 10.1. The molecule has 0 saturated carbocycles. The van der Waals surface area contributed by atoms with Gasteiger partial charge in [0.15, 0.2) is 5.69 Å². The number of hydrogen-bond acceptors (Lipinski definition) is 3. The minimum absolute atomic E-state index is 0. The smallest absolute Gasteiger partial charge is 0.364 e. The van der Waals surface area contributed by atoms with E-state index in [-0.39, 0.29) is 12.4 Å². The van der Waals surface area contributed by atoms with Crippen LogP contribution < -0.4 is 5.73 Å². The molecule has 1 aromatic heterocycles. The fourth-order valence-electron chi connectivity index (χ4n) is 0.642. The molecule has 0 fully saturated rings. The van der Waals surface area contributed by atoms with E-state index >= 15 is 0 Å². The lowest BCUT2D eigenvalue weighted by Crippen LogP contribution is -2.16. The number of hydrogen-bond donors (Lipinski definition) is 1. The van der Waals surface area contributed by atoms with E-state index in [9.17, 15) is 18.0 Å². The summed E-state index contributed by atoms with van der Waals surface area (Å²) in [6.07, 6.45) is -4.02. The fourth-order valence-corrected chi connectivity index (χ4v) is 0.642. The van der Waals surface area contributed by atoms with Crippen LogP contribution in [-0.2, 0) is 6.18 Å². The summed E-state index contributed by atoms with van der Waals surface area (Å²) in [5.74, 6) is -1.04. The number of rotatable bonds is 1. The highest BCUT2D eigenvalue weighted by Crippen LogP contribution is 2.28. The van der Waals surface area contributed by atoms with Crippen LogP contribution in [0.25, 0.3) is 0 Å². The van der Waals surface area contributed by atoms with Crippen LogP contribution in [0.4, 0.5) is 13.2 Å². The number of amides is 1. The van der Waals surface area contributed by atoms with Crippen molar-refractivity contribution in [2.75, 3.05) is 0 Å². The monoisotopic (exact) mass is 227 g/mol. The molecular formula is C6H5ClF3N3O. The molecule has 0 unspecified atom stereocenters. The standard InChI is InChI=1S/C6H4F3N3O.ClH/c7-6(8,9)3-1-4(5(10)13)12-11-2-3;/h1-2H,(H2,10,13);1H. The van der Waals surface area contributed by atoms with E-state index in [1.165, 1.54) is 0 Å². The molecule has 0 spiro atoms. The first kappa shape index (κ1) is 12.6. The van der Waals surface area contributed by atoms with Crippen molar-refractivity contribution in [2.24, 2.45) is 5.73 Å². The van der Waals surface area contributed by atoms with Crippen LogP contribution in [0.2, 0.25) is 0 Å². The first-order chi connectivity index (χ1) is 5.91.